The maximum Gasteiger partial charge on any atom is 0.240 e. The van der Waals surface area contributed by atoms with Gasteiger partial charge in [-0.1, -0.05) is 0 Å². The molecule has 0 aliphatic carbocycles. The Hall–Kier alpha value is -3.56. The van der Waals surface area contributed by atoms with Gasteiger partial charge in [0.05, 0.1) is 12.0 Å². The van der Waals surface area contributed by atoms with E-state index in [1.54, 1.807) is 56.2 Å². The number of ether oxygens (including phenoxy) is 1. The normalized spacial score (nSPS) is 12.9. The standard InChI is InChI=1S/C22H22N6O2S/c1-30-22-21-19(9-13-26-22)20(10-14-25-21)28-17-2-4-18(5-3-17)31(23,29)27-15-8-16-6-11-24-12-7-16/h2-7,9-14H,8,15H2,1H3,(H,25,28)(H2,23,27,29)/t31-/m1/s1. The molecule has 3 aromatic heterocycles. The number of nitrogens with one attached hydrogen (secondary N) is 3. The van der Waals surface area contributed by atoms with Gasteiger partial charge in [0.2, 0.25) is 5.88 Å². The first kappa shape index (κ1) is 20.7. The number of pyridine rings is 3. The van der Waals surface area contributed by atoms with Gasteiger partial charge in [-0.2, -0.15) is 0 Å². The number of nitrogens with zero attached hydrogens (tertiary/aromatic N) is 3. The van der Waals surface area contributed by atoms with E-state index in [-0.39, 0.29) is 0 Å². The summed E-state index contributed by atoms with van der Waals surface area (Å²) in [5, 5.41) is 4.21. The minimum Gasteiger partial charge on any atom is -0.479 e. The van der Waals surface area contributed by atoms with Crippen LogP contribution in [-0.2, 0) is 16.3 Å². The lowest BCUT2D eigenvalue weighted by molar-refractivity contribution is 0.402. The van der Waals surface area contributed by atoms with Gasteiger partial charge in [-0.15, -0.1) is 0 Å². The molecule has 0 radical (unpaired) electrons. The Bertz CT molecular complexity index is 1280. The lowest BCUT2D eigenvalue weighted by atomic mass is 10.2. The molecule has 8 nitrogen and oxygen atoms in total. The SMILES string of the molecule is COc1nccc2c(Nc3ccc([S@](=N)(=O)NCCc4ccncc4)cc3)ccnc12. The van der Waals surface area contributed by atoms with Crippen molar-refractivity contribution in [1.82, 2.24) is 19.7 Å². The Kier molecular flexibility index (Phi) is 6.06. The summed E-state index contributed by atoms with van der Waals surface area (Å²) in [5.41, 5.74) is 3.40. The fraction of sp³-hybridized carbons (Fsp3) is 0.136. The van der Waals surface area contributed by atoms with Gasteiger partial charge >= 0.3 is 0 Å². The van der Waals surface area contributed by atoms with Gasteiger partial charge in [0, 0.05) is 48.1 Å². The highest BCUT2D eigenvalue weighted by Gasteiger charge is 2.11. The van der Waals surface area contributed by atoms with Crippen molar-refractivity contribution >= 4 is 32.2 Å². The van der Waals surface area contributed by atoms with Crippen molar-refractivity contribution in [2.45, 2.75) is 11.3 Å². The van der Waals surface area contributed by atoms with E-state index in [0.29, 0.717) is 29.3 Å². The van der Waals surface area contributed by atoms with Crippen molar-refractivity contribution in [3.63, 3.8) is 0 Å². The van der Waals surface area contributed by atoms with Crippen LogP contribution in [0.5, 0.6) is 5.88 Å². The van der Waals surface area contributed by atoms with Gasteiger partial charge in [0.1, 0.15) is 15.4 Å². The van der Waals surface area contributed by atoms with E-state index in [0.717, 1.165) is 22.3 Å². The molecule has 0 bridgehead atoms. The molecule has 3 N–H and O–H groups in total. The van der Waals surface area contributed by atoms with Crippen molar-refractivity contribution in [3.05, 3.63) is 78.9 Å². The third-order valence-corrected chi connectivity index (χ3v) is 6.30. The second kappa shape index (κ2) is 9.07. The Morgan fingerprint density at radius 1 is 0.968 bits per heavy atom. The predicted molar refractivity (Wildman–Crippen MR) is 121 cm³/mol. The zero-order valence-electron chi connectivity index (χ0n) is 16.9. The maximum absolute atomic E-state index is 12.8. The minimum atomic E-state index is -3.09. The van der Waals surface area contributed by atoms with Crippen LogP contribution in [0.1, 0.15) is 5.56 Å². The van der Waals surface area contributed by atoms with E-state index >= 15 is 0 Å². The molecule has 4 aromatic rings. The molecule has 0 spiro atoms. The summed E-state index contributed by atoms with van der Waals surface area (Å²) in [5.74, 6) is 0.461. The zero-order chi connectivity index (χ0) is 21.7. The van der Waals surface area contributed by atoms with Crippen molar-refractivity contribution in [2.24, 2.45) is 0 Å². The molecular formula is C22H22N6O2S. The molecule has 158 valence electrons. The summed E-state index contributed by atoms with van der Waals surface area (Å²) in [6, 6.07) is 14.5. The number of benzene rings is 1. The summed E-state index contributed by atoms with van der Waals surface area (Å²) in [4.78, 5) is 12.9. The second-order valence-electron chi connectivity index (χ2n) is 6.78. The van der Waals surface area contributed by atoms with Gasteiger partial charge in [-0.3, -0.25) is 9.97 Å². The van der Waals surface area contributed by atoms with Gasteiger partial charge in [0.15, 0.2) is 0 Å². The monoisotopic (exact) mass is 434 g/mol. The number of anilines is 2. The van der Waals surface area contributed by atoms with Crippen molar-refractivity contribution in [1.29, 1.82) is 4.78 Å². The van der Waals surface area contributed by atoms with Gasteiger partial charge in [-0.05, 0) is 60.5 Å². The van der Waals surface area contributed by atoms with Crippen LogP contribution in [0.2, 0.25) is 0 Å². The number of aromatic nitrogens is 3. The van der Waals surface area contributed by atoms with Crippen LogP contribution in [0.3, 0.4) is 0 Å². The van der Waals surface area contributed by atoms with Crippen LogP contribution in [0.4, 0.5) is 11.4 Å². The number of methoxy groups -OCH3 is 1. The van der Waals surface area contributed by atoms with Crippen LogP contribution in [0, 0.1) is 4.78 Å². The average molecular weight is 435 g/mol. The van der Waals surface area contributed by atoms with E-state index < -0.39 is 9.92 Å². The smallest absolute Gasteiger partial charge is 0.240 e. The molecule has 0 saturated heterocycles. The first-order chi connectivity index (χ1) is 15.1. The zero-order valence-corrected chi connectivity index (χ0v) is 17.7. The summed E-state index contributed by atoms with van der Waals surface area (Å²) >= 11 is 0. The molecule has 0 aliphatic rings. The van der Waals surface area contributed by atoms with Crippen LogP contribution >= 0.6 is 0 Å². The third-order valence-electron chi connectivity index (χ3n) is 4.75. The van der Waals surface area contributed by atoms with Crippen LogP contribution in [0.15, 0.2) is 78.2 Å². The fourth-order valence-electron chi connectivity index (χ4n) is 3.17. The molecule has 0 saturated carbocycles. The van der Waals surface area contributed by atoms with E-state index in [1.807, 2.05) is 24.3 Å². The Balaban J connectivity index is 1.46. The summed E-state index contributed by atoms with van der Waals surface area (Å²) < 4.78 is 29.2. The third kappa shape index (κ3) is 4.79. The van der Waals surface area contributed by atoms with Crippen LogP contribution in [0.25, 0.3) is 10.9 Å². The lowest BCUT2D eigenvalue weighted by Gasteiger charge is -2.13. The molecule has 31 heavy (non-hydrogen) atoms. The number of hydrogen-bond acceptors (Lipinski definition) is 7. The van der Waals surface area contributed by atoms with Crippen molar-refractivity contribution in [2.75, 3.05) is 19.0 Å². The highest BCUT2D eigenvalue weighted by Crippen LogP contribution is 2.29. The quantitative estimate of drug-likeness (QED) is 0.387. The molecule has 4 rings (SSSR count). The minimum absolute atomic E-state index is 0.429. The largest absolute Gasteiger partial charge is 0.479 e. The van der Waals surface area contributed by atoms with Gasteiger partial charge in [-0.25, -0.2) is 18.7 Å². The van der Waals surface area contributed by atoms with Crippen molar-refractivity contribution in [3.8, 4) is 5.88 Å². The lowest BCUT2D eigenvalue weighted by Crippen LogP contribution is -2.24. The summed E-state index contributed by atoms with van der Waals surface area (Å²) in [6.07, 6.45) is 7.47. The topological polar surface area (TPSA) is 113 Å². The van der Waals surface area contributed by atoms with Gasteiger partial charge < -0.3 is 10.1 Å². The Labute approximate surface area is 180 Å². The number of fused-ring (bicyclic) bond motifs is 1. The molecule has 1 atom stereocenters. The molecule has 0 amide bonds. The van der Waals surface area contributed by atoms with E-state index in [1.165, 1.54) is 0 Å². The van der Waals surface area contributed by atoms with E-state index in [9.17, 15) is 4.21 Å². The number of rotatable bonds is 8. The first-order valence-corrected chi connectivity index (χ1v) is 11.2. The van der Waals surface area contributed by atoms with Gasteiger partial charge in [0.25, 0.3) is 0 Å². The highest BCUT2D eigenvalue weighted by atomic mass is 32.2. The van der Waals surface area contributed by atoms with Crippen molar-refractivity contribution < 1.29 is 8.95 Å². The first-order valence-electron chi connectivity index (χ1n) is 9.64. The summed E-state index contributed by atoms with van der Waals surface area (Å²) in [6.45, 7) is 0.436. The molecular weight excluding hydrogens is 412 g/mol. The van der Waals surface area contributed by atoms with Crippen LogP contribution in [-0.4, -0.2) is 32.8 Å². The number of hydrogen-bond donors (Lipinski definition) is 3. The molecule has 0 unspecified atom stereocenters. The van der Waals surface area contributed by atoms with E-state index in [2.05, 4.69) is 25.0 Å². The average Bonchev–Trinajstić information content (AvgIpc) is 2.80. The van der Waals surface area contributed by atoms with E-state index in [4.69, 9.17) is 9.52 Å². The Morgan fingerprint density at radius 2 is 1.71 bits per heavy atom. The predicted octanol–water partition coefficient (Wildman–Crippen LogP) is 3.93. The summed E-state index contributed by atoms with van der Waals surface area (Å²) in [7, 11) is -1.53. The Morgan fingerprint density at radius 3 is 2.45 bits per heavy atom. The molecule has 0 aliphatic heterocycles. The molecule has 1 aromatic carbocycles. The fourth-order valence-corrected chi connectivity index (χ4v) is 4.24. The maximum atomic E-state index is 12.8. The molecule has 0 fully saturated rings. The van der Waals surface area contributed by atoms with Crippen LogP contribution < -0.4 is 14.8 Å². The molecule has 3 heterocycles. The highest BCUT2D eigenvalue weighted by molar-refractivity contribution is 7.90. The molecule has 9 heteroatoms. The second-order valence-corrected chi connectivity index (χ2v) is 8.65.